The summed E-state index contributed by atoms with van der Waals surface area (Å²) >= 11 is 5.56. The molecule has 0 saturated heterocycles. The van der Waals surface area contributed by atoms with Crippen LogP contribution < -0.4 is 0 Å². The molecule has 0 fully saturated rings. The minimum absolute atomic E-state index is 0.0286. The first-order valence-corrected chi connectivity index (χ1v) is 8.06. The van der Waals surface area contributed by atoms with E-state index in [9.17, 15) is 19.9 Å². The van der Waals surface area contributed by atoms with E-state index in [4.69, 9.17) is 11.6 Å². The van der Waals surface area contributed by atoms with Gasteiger partial charge in [-0.1, -0.05) is 41.9 Å². The molecule has 1 heterocycles. The van der Waals surface area contributed by atoms with E-state index in [0.717, 1.165) is 12.3 Å². The fourth-order valence-electron chi connectivity index (χ4n) is 1.63. The highest BCUT2D eigenvalue weighted by atomic mass is 35.5. The Labute approximate surface area is 122 Å². The van der Waals surface area contributed by atoms with Crippen LogP contribution in [0.2, 0.25) is 0 Å². The fourth-order valence-corrected chi connectivity index (χ4v) is 3.74. The molecular weight excluding hydrogens is 333 g/mol. The Morgan fingerprint density at radius 2 is 1.62 bits per heavy atom. The normalized spacial score (nSPS) is 16.2. The summed E-state index contributed by atoms with van der Waals surface area (Å²) in [6.07, 6.45) is 0.801. The molecule has 0 saturated carbocycles. The van der Waals surface area contributed by atoms with Crippen molar-refractivity contribution in [1.29, 1.82) is 0 Å². The zero-order valence-corrected chi connectivity index (χ0v) is 11.9. The molecule has 0 aliphatic carbocycles. The average molecular weight is 342 g/mol. The smallest absolute Gasteiger partial charge is 0.227 e. The van der Waals surface area contributed by atoms with Crippen LogP contribution in [0.3, 0.4) is 0 Å². The third kappa shape index (κ3) is 3.36. The summed E-state index contributed by atoms with van der Waals surface area (Å²) in [5, 5.41) is -1.52. The van der Waals surface area contributed by atoms with Crippen LogP contribution in [-0.2, 0) is 0 Å². The van der Waals surface area contributed by atoms with Crippen molar-refractivity contribution in [3.05, 3.63) is 65.6 Å². The van der Waals surface area contributed by atoms with Crippen LogP contribution >= 0.6 is 21.4 Å². The Balaban J connectivity index is 2.66. The van der Waals surface area contributed by atoms with Gasteiger partial charge in [-0.15, -0.1) is 15.5 Å². The maximum absolute atomic E-state index is 14.1. The standard InChI is InChI=1S/C13H9ClF5NS/c14-11(10-5-2-1-3-6-10)9-21(16,17,18,19)12-7-4-8-20-13(12)15/h1-9H/b11-9+. The summed E-state index contributed by atoms with van der Waals surface area (Å²) in [6.45, 7) is 0. The number of pyridine rings is 1. The molecule has 0 spiro atoms. The highest BCUT2D eigenvalue weighted by Gasteiger charge is 2.65. The summed E-state index contributed by atoms with van der Waals surface area (Å²) in [5.41, 5.74) is -0.0286. The summed E-state index contributed by atoms with van der Waals surface area (Å²) in [5.74, 6) is -1.93. The van der Waals surface area contributed by atoms with E-state index < -0.39 is 31.1 Å². The molecule has 8 heteroatoms. The number of hydrogen-bond donors (Lipinski definition) is 0. The number of hydrogen-bond acceptors (Lipinski definition) is 1. The van der Waals surface area contributed by atoms with E-state index in [2.05, 4.69) is 4.98 Å². The van der Waals surface area contributed by atoms with E-state index in [1.807, 2.05) is 0 Å². The first-order valence-electron chi connectivity index (χ1n) is 5.57. The lowest BCUT2D eigenvalue weighted by Crippen LogP contribution is -2.13. The second kappa shape index (κ2) is 4.45. The SMILES string of the molecule is Fc1ncccc1S(F)(F)(F)(F)/C=C(/Cl)c1ccccc1. The largest absolute Gasteiger partial charge is 0.233 e. The molecule has 1 aromatic carbocycles. The maximum atomic E-state index is 14.1. The van der Waals surface area contributed by atoms with Crippen molar-refractivity contribution in [1.82, 2.24) is 4.98 Å². The number of rotatable bonds is 3. The minimum atomic E-state index is -9.03. The van der Waals surface area contributed by atoms with E-state index >= 15 is 0 Å². The number of aromatic nitrogens is 1. The molecule has 1 aromatic heterocycles. The summed E-state index contributed by atoms with van der Waals surface area (Å²) in [6, 6.07) is 8.14. The van der Waals surface area contributed by atoms with Crippen molar-refractivity contribution in [3.63, 3.8) is 0 Å². The quantitative estimate of drug-likeness (QED) is 0.476. The molecule has 0 unspecified atom stereocenters. The monoisotopic (exact) mass is 341 g/mol. The molecule has 21 heavy (non-hydrogen) atoms. The van der Waals surface area contributed by atoms with E-state index in [0.29, 0.717) is 6.07 Å². The van der Waals surface area contributed by atoms with Crippen molar-refractivity contribution in [2.45, 2.75) is 4.90 Å². The predicted octanol–water partition coefficient (Wildman–Crippen LogP) is 6.23. The Morgan fingerprint density at radius 1 is 1.00 bits per heavy atom. The van der Waals surface area contributed by atoms with Gasteiger partial charge in [0.25, 0.3) is 0 Å². The molecule has 2 aromatic rings. The summed E-state index contributed by atoms with van der Waals surface area (Å²) in [4.78, 5) is 0.797. The first kappa shape index (κ1) is 15.8. The van der Waals surface area contributed by atoms with Gasteiger partial charge in [0, 0.05) is 6.20 Å². The van der Waals surface area contributed by atoms with Gasteiger partial charge in [0.15, 0.2) is 0 Å². The highest BCUT2D eigenvalue weighted by molar-refractivity contribution is 8.52. The third-order valence-electron chi connectivity index (χ3n) is 2.57. The molecular formula is C13H9ClF5NS. The molecule has 0 N–H and O–H groups in total. The third-order valence-corrected chi connectivity index (χ3v) is 4.96. The Morgan fingerprint density at radius 3 is 2.19 bits per heavy atom. The number of halogens is 6. The molecule has 2 rings (SSSR count). The molecule has 0 aliphatic rings. The van der Waals surface area contributed by atoms with Crippen LogP contribution in [-0.4, -0.2) is 4.98 Å². The van der Waals surface area contributed by atoms with Gasteiger partial charge < -0.3 is 0 Å². The maximum Gasteiger partial charge on any atom is 0.233 e. The number of benzene rings is 1. The Kier molecular flexibility index (Phi) is 3.34. The summed E-state index contributed by atoms with van der Waals surface area (Å²) < 4.78 is 69.6. The van der Waals surface area contributed by atoms with Gasteiger partial charge in [0.05, 0.1) is 10.4 Å². The first-order chi connectivity index (χ1) is 9.52. The van der Waals surface area contributed by atoms with Crippen molar-refractivity contribution in [2.24, 2.45) is 0 Å². The highest BCUT2D eigenvalue weighted by Crippen LogP contribution is 3.02. The fraction of sp³-hybridized carbons (Fsp3) is 0. The van der Waals surface area contributed by atoms with Gasteiger partial charge in [-0.2, -0.15) is 4.39 Å². The van der Waals surface area contributed by atoms with Gasteiger partial charge in [-0.25, -0.2) is 4.98 Å². The van der Waals surface area contributed by atoms with Crippen molar-refractivity contribution in [2.75, 3.05) is 0 Å². The zero-order valence-electron chi connectivity index (χ0n) is 10.3. The van der Waals surface area contributed by atoms with Crippen LogP contribution in [0.1, 0.15) is 5.56 Å². The van der Waals surface area contributed by atoms with Gasteiger partial charge in [-0.3, -0.25) is 0 Å². The lowest BCUT2D eigenvalue weighted by atomic mass is 10.2. The van der Waals surface area contributed by atoms with Gasteiger partial charge in [-0.05, 0) is 17.7 Å². The molecule has 114 valence electrons. The molecule has 1 nitrogen and oxygen atoms in total. The number of nitrogens with zero attached hydrogens (tertiary/aromatic N) is 1. The lowest BCUT2D eigenvalue weighted by Gasteiger charge is -2.46. The lowest BCUT2D eigenvalue weighted by molar-refractivity contribution is 0.443. The zero-order chi connectivity index (χ0) is 15.8. The molecule has 0 radical (unpaired) electrons. The van der Waals surface area contributed by atoms with Gasteiger partial charge in [0.1, 0.15) is 4.90 Å². The van der Waals surface area contributed by atoms with Crippen molar-refractivity contribution < 1.29 is 19.9 Å². The molecule has 0 amide bonds. The molecule has 0 atom stereocenters. The van der Waals surface area contributed by atoms with E-state index in [1.54, 1.807) is 6.07 Å². The van der Waals surface area contributed by atoms with Crippen LogP contribution in [0.25, 0.3) is 5.03 Å². The Bertz CT molecular complexity index is 711. The predicted molar refractivity (Wildman–Crippen MR) is 74.8 cm³/mol. The van der Waals surface area contributed by atoms with Crippen LogP contribution in [0.5, 0.6) is 0 Å². The van der Waals surface area contributed by atoms with Crippen molar-refractivity contribution >= 4 is 26.5 Å². The second-order valence-electron chi connectivity index (χ2n) is 4.26. The van der Waals surface area contributed by atoms with E-state index in [-0.39, 0.29) is 5.56 Å². The van der Waals surface area contributed by atoms with Crippen LogP contribution in [0.4, 0.5) is 19.9 Å². The molecule has 0 bridgehead atoms. The Hall–Kier alpha value is -1.60. The van der Waals surface area contributed by atoms with E-state index in [1.165, 1.54) is 24.3 Å². The molecule has 0 aliphatic heterocycles. The minimum Gasteiger partial charge on any atom is -0.227 e. The second-order valence-corrected chi connectivity index (χ2v) is 7.61. The van der Waals surface area contributed by atoms with Crippen LogP contribution in [0, 0.1) is 5.95 Å². The van der Waals surface area contributed by atoms with Gasteiger partial charge in [0.2, 0.25) is 15.8 Å². The summed E-state index contributed by atoms with van der Waals surface area (Å²) in [7, 11) is -9.03. The topological polar surface area (TPSA) is 12.9 Å². The van der Waals surface area contributed by atoms with Crippen LogP contribution in [0.15, 0.2) is 59.0 Å². The average Bonchev–Trinajstić information content (AvgIpc) is 2.38. The van der Waals surface area contributed by atoms with Crippen molar-refractivity contribution in [3.8, 4) is 0 Å². The van der Waals surface area contributed by atoms with Gasteiger partial charge >= 0.3 is 0 Å².